The second-order valence-corrected chi connectivity index (χ2v) is 5.79. The Morgan fingerprint density at radius 3 is 2.71 bits per heavy atom. The van der Waals surface area contributed by atoms with E-state index in [1.54, 1.807) is 6.08 Å². The third-order valence-corrected chi connectivity index (χ3v) is 4.09. The Morgan fingerprint density at radius 2 is 2.18 bits per heavy atom. The van der Waals surface area contributed by atoms with Crippen LogP contribution in [0.2, 0.25) is 0 Å². The van der Waals surface area contributed by atoms with Crippen LogP contribution in [0, 0.1) is 11.3 Å². The average Bonchev–Trinajstić information content (AvgIpc) is 2.26. The molecule has 2 heteroatoms. The molecule has 1 rings (SSSR count). The molecule has 1 atom stereocenters. The zero-order chi connectivity index (χ0) is 12.9. The predicted molar refractivity (Wildman–Crippen MR) is 71.8 cm³/mol. The van der Waals surface area contributed by atoms with Crippen LogP contribution in [0.1, 0.15) is 46.0 Å². The average molecular weight is 238 g/mol. The predicted octanol–water partition coefficient (Wildman–Crippen LogP) is 3.06. The van der Waals surface area contributed by atoms with Crippen molar-refractivity contribution in [3.05, 3.63) is 23.8 Å². The van der Waals surface area contributed by atoms with E-state index >= 15 is 0 Å². The molecule has 2 N–H and O–H groups in total. The maximum Gasteiger partial charge on any atom is 0.0642 e. The van der Waals surface area contributed by atoms with E-state index in [2.05, 4.69) is 20.4 Å². The lowest BCUT2D eigenvalue weighted by Gasteiger charge is -2.40. The topological polar surface area (TPSA) is 40.5 Å². The Labute approximate surface area is 105 Å². The molecule has 1 fully saturated rings. The van der Waals surface area contributed by atoms with E-state index in [0.717, 1.165) is 24.8 Å². The number of allylic oxidation sites excluding steroid dienone is 1. The zero-order valence-electron chi connectivity index (χ0n) is 11.2. The fourth-order valence-corrected chi connectivity index (χ4v) is 2.97. The van der Waals surface area contributed by atoms with E-state index < -0.39 is 0 Å². The molecule has 0 spiro atoms. The first-order chi connectivity index (χ1) is 8.01. The Kier molecular flexibility index (Phi) is 5.41. The highest BCUT2D eigenvalue weighted by Crippen LogP contribution is 2.45. The molecule has 1 aliphatic rings. The molecule has 0 radical (unpaired) electrons. The molecule has 2 nitrogen and oxygen atoms in total. The first-order valence-electron chi connectivity index (χ1n) is 6.58. The molecule has 0 aliphatic heterocycles. The summed E-state index contributed by atoms with van der Waals surface area (Å²) in [5.74, 6) is 0.546. The zero-order valence-corrected chi connectivity index (χ0v) is 11.2. The van der Waals surface area contributed by atoms with Gasteiger partial charge in [0.2, 0.25) is 0 Å². The van der Waals surface area contributed by atoms with Crippen LogP contribution in [-0.4, -0.2) is 23.4 Å². The van der Waals surface area contributed by atoms with Crippen molar-refractivity contribution in [2.45, 2.75) is 46.0 Å². The van der Waals surface area contributed by atoms with Crippen LogP contribution in [-0.2, 0) is 0 Å². The third kappa shape index (κ3) is 3.97. The van der Waals surface area contributed by atoms with Gasteiger partial charge in [-0.25, -0.2) is 0 Å². The summed E-state index contributed by atoms with van der Waals surface area (Å²) in [6.07, 6.45) is 7.28. The summed E-state index contributed by atoms with van der Waals surface area (Å²) in [5, 5.41) is 18.0. The van der Waals surface area contributed by atoms with Crippen molar-refractivity contribution in [1.82, 2.24) is 0 Å². The molecule has 0 heterocycles. The fraction of sp³-hybridized carbons (Fsp3) is 0.733. The Balaban J connectivity index is 2.59. The van der Waals surface area contributed by atoms with Crippen molar-refractivity contribution < 1.29 is 10.2 Å². The van der Waals surface area contributed by atoms with Gasteiger partial charge in [0.1, 0.15) is 0 Å². The molecule has 0 aromatic carbocycles. The molecule has 1 aliphatic carbocycles. The Hall–Kier alpha value is -0.600. The summed E-state index contributed by atoms with van der Waals surface area (Å²) in [4.78, 5) is 0. The Morgan fingerprint density at radius 1 is 1.47 bits per heavy atom. The van der Waals surface area contributed by atoms with Gasteiger partial charge in [-0.05, 0) is 49.0 Å². The van der Waals surface area contributed by atoms with Crippen molar-refractivity contribution in [2.75, 3.05) is 13.2 Å². The number of rotatable bonds is 5. The molecule has 0 amide bonds. The minimum absolute atomic E-state index is 0.0187. The van der Waals surface area contributed by atoms with E-state index in [1.807, 2.05) is 0 Å². The van der Waals surface area contributed by atoms with E-state index in [1.165, 1.54) is 18.4 Å². The molecule has 17 heavy (non-hydrogen) atoms. The normalized spacial score (nSPS) is 25.1. The summed E-state index contributed by atoms with van der Waals surface area (Å²) < 4.78 is 0. The highest BCUT2D eigenvalue weighted by molar-refractivity contribution is 5.11. The lowest BCUT2D eigenvalue weighted by atomic mass is 9.65. The van der Waals surface area contributed by atoms with E-state index in [9.17, 15) is 5.11 Å². The molecule has 98 valence electrons. The molecule has 0 unspecified atom stereocenters. The van der Waals surface area contributed by atoms with Crippen LogP contribution in [0.5, 0.6) is 0 Å². The van der Waals surface area contributed by atoms with Gasteiger partial charge in [0, 0.05) is 0 Å². The van der Waals surface area contributed by atoms with Crippen LogP contribution < -0.4 is 0 Å². The first-order valence-corrected chi connectivity index (χ1v) is 6.58. The molecule has 0 aromatic heterocycles. The van der Waals surface area contributed by atoms with Gasteiger partial charge in [-0.3, -0.25) is 0 Å². The van der Waals surface area contributed by atoms with E-state index in [-0.39, 0.29) is 13.2 Å². The van der Waals surface area contributed by atoms with Crippen molar-refractivity contribution in [3.8, 4) is 0 Å². The molecular weight excluding hydrogens is 212 g/mol. The van der Waals surface area contributed by atoms with Crippen LogP contribution in [0.3, 0.4) is 0 Å². The van der Waals surface area contributed by atoms with E-state index in [0.29, 0.717) is 11.3 Å². The van der Waals surface area contributed by atoms with Crippen LogP contribution in [0.15, 0.2) is 23.8 Å². The summed E-state index contributed by atoms with van der Waals surface area (Å²) in [6.45, 7) is 8.92. The van der Waals surface area contributed by atoms with Gasteiger partial charge in [-0.2, -0.15) is 0 Å². The van der Waals surface area contributed by atoms with Gasteiger partial charge in [0.15, 0.2) is 0 Å². The summed E-state index contributed by atoms with van der Waals surface area (Å²) in [5.41, 5.74) is 2.64. The highest BCUT2D eigenvalue weighted by Gasteiger charge is 2.33. The number of hydrogen-bond donors (Lipinski definition) is 2. The van der Waals surface area contributed by atoms with E-state index in [4.69, 9.17) is 5.11 Å². The SMILES string of the molecule is C=C1CCCC(C)(C)[C@@H]1CC/C(=C/CO)CO. The molecule has 1 saturated carbocycles. The Bertz CT molecular complexity index is 289. The standard InChI is InChI=1S/C15H26O2/c1-12-5-4-9-15(2,3)14(12)7-6-13(11-17)8-10-16/h8,14,16-17H,1,4-7,9-11H2,2-3H3/b13-8-/t14-/m1/s1. The third-order valence-electron chi connectivity index (χ3n) is 4.09. The van der Waals surface area contributed by atoms with Gasteiger partial charge in [-0.15, -0.1) is 0 Å². The highest BCUT2D eigenvalue weighted by atomic mass is 16.3. The van der Waals surface area contributed by atoms with Crippen molar-refractivity contribution >= 4 is 0 Å². The number of hydrogen-bond acceptors (Lipinski definition) is 2. The van der Waals surface area contributed by atoms with Crippen LogP contribution in [0.25, 0.3) is 0 Å². The second kappa shape index (κ2) is 6.36. The van der Waals surface area contributed by atoms with Gasteiger partial charge in [0.25, 0.3) is 0 Å². The smallest absolute Gasteiger partial charge is 0.0642 e. The maximum atomic E-state index is 9.18. The molecule has 0 bridgehead atoms. The lowest BCUT2D eigenvalue weighted by molar-refractivity contribution is 0.178. The molecule has 0 aromatic rings. The van der Waals surface area contributed by atoms with Gasteiger partial charge in [0.05, 0.1) is 13.2 Å². The first kappa shape index (κ1) is 14.5. The second-order valence-electron chi connectivity index (χ2n) is 5.79. The summed E-state index contributed by atoms with van der Waals surface area (Å²) in [7, 11) is 0. The van der Waals surface area contributed by atoms with Crippen LogP contribution in [0.4, 0.5) is 0 Å². The lowest BCUT2D eigenvalue weighted by Crippen LogP contribution is -2.29. The summed E-state index contributed by atoms with van der Waals surface area (Å²) >= 11 is 0. The van der Waals surface area contributed by atoms with Crippen molar-refractivity contribution in [3.63, 3.8) is 0 Å². The molecule has 0 saturated heterocycles. The van der Waals surface area contributed by atoms with Gasteiger partial charge < -0.3 is 10.2 Å². The fourth-order valence-electron chi connectivity index (χ4n) is 2.97. The minimum atomic E-state index is 0.0187. The van der Waals surface area contributed by atoms with Crippen LogP contribution >= 0.6 is 0 Å². The molecular formula is C15H26O2. The quantitative estimate of drug-likeness (QED) is 0.723. The van der Waals surface area contributed by atoms with Gasteiger partial charge in [-0.1, -0.05) is 32.1 Å². The summed E-state index contributed by atoms with van der Waals surface area (Å²) in [6, 6.07) is 0. The van der Waals surface area contributed by atoms with Gasteiger partial charge >= 0.3 is 0 Å². The maximum absolute atomic E-state index is 9.18. The largest absolute Gasteiger partial charge is 0.392 e. The number of aliphatic hydroxyl groups excluding tert-OH is 2. The van der Waals surface area contributed by atoms with Crippen molar-refractivity contribution in [1.29, 1.82) is 0 Å². The number of aliphatic hydroxyl groups is 2. The minimum Gasteiger partial charge on any atom is -0.392 e. The monoisotopic (exact) mass is 238 g/mol. The van der Waals surface area contributed by atoms with Crippen molar-refractivity contribution in [2.24, 2.45) is 11.3 Å².